The second-order valence-electron chi connectivity index (χ2n) is 3.81. The molecule has 1 heterocycles. The van der Waals surface area contributed by atoms with E-state index in [9.17, 15) is 15.2 Å². The molecule has 104 valence electrons. The average Bonchev–Trinajstić information content (AvgIpc) is 2.37. The van der Waals surface area contributed by atoms with Crippen LogP contribution in [0.1, 0.15) is 5.56 Å². The number of nitrogens with zero attached hydrogens (tertiary/aromatic N) is 3. The summed E-state index contributed by atoms with van der Waals surface area (Å²) < 4.78 is 0. The van der Waals surface area contributed by atoms with Crippen LogP contribution in [-0.2, 0) is 6.61 Å². The number of non-ortho nitro benzene ring substituents is 1. The number of nitro benzene ring substituents is 1. The van der Waals surface area contributed by atoms with Crippen molar-refractivity contribution in [1.29, 1.82) is 0 Å². The quantitative estimate of drug-likeness (QED) is 0.433. The Balaban J connectivity index is 2.35. The van der Waals surface area contributed by atoms with Gasteiger partial charge in [0.2, 0.25) is 0 Å². The molecule has 0 saturated heterocycles. The van der Waals surface area contributed by atoms with Gasteiger partial charge in [-0.15, -0.1) is 0 Å². The first-order chi connectivity index (χ1) is 9.49. The maximum absolute atomic E-state index is 10.7. The number of benzene rings is 1. The summed E-state index contributed by atoms with van der Waals surface area (Å²) >= 11 is 1.12. The summed E-state index contributed by atoms with van der Waals surface area (Å²) in [6.07, 6.45) is 0. The van der Waals surface area contributed by atoms with Crippen LogP contribution in [0.15, 0.2) is 34.3 Å². The molecular weight excluding hydrogens is 282 g/mol. The van der Waals surface area contributed by atoms with Crippen LogP contribution >= 0.6 is 11.8 Å². The predicted molar refractivity (Wildman–Crippen MR) is 74.0 cm³/mol. The van der Waals surface area contributed by atoms with Crippen molar-refractivity contribution in [1.82, 2.24) is 9.97 Å². The zero-order valence-electron chi connectivity index (χ0n) is 10.2. The minimum absolute atomic E-state index is 0.0913. The first-order valence-electron chi connectivity index (χ1n) is 5.45. The lowest BCUT2D eigenvalue weighted by molar-refractivity contribution is -0.385. The number of aliphatic hydroxyl groups is 1. The van der Waals surface area contributed by atoms with Crippen molar-refractivity contribution in [2.75, 3.05) is 11.5 Å². The molecule has 0 atom stereocenters. The first-order valence-corrected chi connectivity index (χ1v) is 6.27. The van der Waals surface area contributed by atoms with Crippen molar-refractivity contribution < 1.29 is 10.0 Å². The van der Waals surface area contributed by atoms with Crippen molar-refractivity contribution in [2.45, 2.75) is 16.7 Å². The lowest BCUT2D eigenvalue weighted by atomic mass is 10.2. The van der Waals surface area contributed by atoms with E-state index in [4.69, 9.17) is 11.5 Å². The fourth-order valence-corrected chi connectivity index (χ4v) is 2.40. The van der Waals surface area contributed by atoms with E-state index in [2.05, 4.69) is 9.97 Å². The minimum Gasteiger partial charge on any atom is -0.392 e. The van der Waals surface area contributed by atoms with Gasteiger partial charge in [-0.1, -0.05) is 0 Å². The number of aromatic nitrogens is 2. The highest BCUT2D eigenvalue weighted by Gasteiger charge is 2.12. The molecule has 0 bridgehead atoms. The second kappa shape index (κ2) is 5.72. The van der Waals surface area contributed by atoms with Crippen molar-refractivity contribution in [2.24, 2.45) is 0 Å². The number of hydrogen-bond donors (Lipinski definition) is 3. The number of hydrogen-bond acceptors (Lipinski definition) is 8. The van der Waals surface area contributed by atoms with E-state index in [0.717, 1.165) is 11.8 Å². The van der Waals surface area contributed by atoms with E-state index in [0.29, 0.717) is 15.6 Å². The largest absolute Gasteiger partial charge is 0.392 e. The van der Waals surface area contributed by atoms with E-state index >= 15 is 0 Å². The number of nitro groups is 1. The second-order valence-corrected chi connectivity index (χ2v) is 4.82. The molecule has 0 fully saturated rings. The molecule has 0 aliphatic heterocycles. The molecule has 0 amide bonds. The van der Waals surface area contributed by atoms with Crippen molar-refractivity contribution in [3.63, 3.8) is 0 Å². The number of rotatable bonds is 4. The molecule has 1 aromatic heterocycles. The lowest BCUT2D eigenvalue weighted by Crippen LogP contribution is -1.99. The zero-order chi connectivity index (χ0) is 14.7. The molecule has 0 aliphatic carbocycles. The molecule has 2 rings (SSSR count). The Bertz CT molecular complexity index is 644. The van der Waals surface area contributed by atoms with E-state index in [1.165, 1.54) is 24.3 Å². The summed E-state index contributed by atoms with van der Waals surface area (Å²) in [7, 11) is 0. The third-order valence-corrected chi connectivity index (χ3v) is 3.36. The first kappa shape index (κ1) is 14.0. The van der Waals surface area contributed by atoms with Crippen LogP contribution in [0.3, 0.4) is 0 Å². The summed E-state index contributed by atoms with van der Waals surface area (Å²) in [5.74, 6) is 0.458. The van der Waals surface area contributed by atoms with Crippen molar-refractivity contribution in [3.8, 4) is 0 Å². The summed E-state index contributed by atoms with van der Waals surface area (Å²) in [5.41, 5.74) is 11.4. The lowest BCUT2D eigenvalue weighted by Gasteiger charge is -2.06. The molecule has 0 radical (unpaired) electrons. The molecule has 20 heavy (non-hydrogen) atoms. The highest BCUT2D eigenvalue weighted by Crippen LogP contribution is 2.31. The van der Waals surface area contributed by atoms with E-state index < -0.39 is 4.92 Å². The molecule has 0 unspecified atom stereocenters. The van der Waals surface area contributed by atoms with Gasteiger partial charge in [0.25, 0.3) is 5.69 Å². The molecule has 2 aromatic rings. The van der Waals surface area contributed by atoms with Crippen LogP contribution in [0.2, 0.25) is 0 Å². The van der Waals surface area contributed by atoms with E-state index in [1.54, 1.807) is 0 Å². The predicted octanol–water partition coefficient (Wildman–Crippen LogP) is 1.19. The van der Waals surface area contributed by atoms with Gasteiger partial charge in [0.05, 0.1) is 11.5 Å². The molecule has 0 saturated carbocycles. The van der Waals surface area contributed by atoms with Gasteiger partial charge >= 0.3 is 0 Å². The van der Waals surface area contributed by atoms with Gasteiger partial charge < -0.3 is 16.6 Å². The van der Waals surface area contributed by atoms with Gasteiger partial charge in [0.15, 0.2) is 5.16 Å². The standard InChI is InChI=1S/C11H11N5O3S/c12-9-4-10(13)15-11(14-9)20-8-2-1-7(16(18)19)3-6(8)5-17/h1-4,17H,5H2,(H4,12,13,14,15). The van der Waals surface area contributed by atoms with Crippen LogP contribution < -0.4 is 11.5 Å². The van der Waals surface area contributed by atoms with Gasteiger partial charge in [-0.2, -0.15) is 0 Å². The molecule has 1 aromatic carbocycles. The maximum atomic E-state index is 10.7. The number of anilines is 2. The topological polar surface area (TPSA) is 141 Å². The Hall–Kier alpha value is -2.39. The van der Waals surface area contributed by atoms with Gasteiger partial charge in [-0.25, -0.2) is 9.97 Å². The van der Waals surface area contributed by atoms with E-state index in [-0.39, 0.29) is 23.9 Å². The molecule has 9 heteroatoms. The number of nitrogen functional groups attached to an aromatic ring is 2. The van der Waals surface area contributed by atoms with Gasteiger partial charge in [-0.05, 0) is 23.4 Å². The van der Waals surface area contributed by atoms with Gasteiger partial charge in [-0.3, -0.25) is 10.1 Å². The highest BCUT2D eigenvalue weighted by atomic mass is 32.2. The summed E-state index contributed by atoms with van der Waals surface area (Å²) in [6.45, 7) is -0.332. The summed E-state index contributed by atoms with van der Waals surface area (Å²) in [5, 5.41) is 20.3. The van der Waals surface area contributed by atoms with Crippen LogP contribution in [0.5, 0.6) is 0 Å². The van der Waals surface area contributed by atoms with Crippen LogP contribution in [0, 0.1) is 10.1 Å². The summed E-state index contributed by atoms with van der Waals surface area (Å²) in [4.78, 5) is 18.8. The number of aliphatic hydroxyl groups excluding tert-OH is 1. The maximum Gasteiger partial charge on any atom is 0.269 e. The average molecular weight is 293 g/mol. The molecule has 0 spiro atoms. The van der Waals surface area contributed by atoms with Crippen molar-refractivity contribution >= 4 is 29.1 Å². The normalized spacial score (nSPS) is 10.4. The van der Waals surface area contributed by atoms with Gasteiger partial charge in [0, 0.05) is 23.1 Å². The SMILES string of the molecule is Nc1cc(N)nc(Sc2ccc([N+](=O)[O-])cc2CO)n1. The zero-order valence-corrected chi connectivity index (χ0v) is 11.0. The van der Waals surface area contributed by atoms with Crippen LogP contribution in [0.4, 0.5) is 17.3 Å². The Morgan fingerprint density at radius 3 is 2.45 bits per heavy atom. The third kappa shape index (κ3) is 3.13. The Morgan fingerprint density at radius 1 is 1.25 bits per heavy atom. The fourth-order valence-electron chi connectivity index (χ4n) is 1.51. The van der Waals surface area contributed by atoms with Crippen LogP contribution in [0.25, 0.3) is 0 Å². The fraction of sp³-hybridized carbons (Fsp3) is 0.0909. The van der Waals surface area contributed by atoms with E-state index in [1.807, 2.05) is 0 Å². The van der Waals surface area contributed by atoms with Gasteiger partial charge in [0.1, 0.15) is 11.6 Å². The minimum atomic E-state index is -0.525. The Morgan fingerprint density at radius 2 is 1.90 bits per heavy atom. The smallest absolute Gasteiger partial charge is 0.269 e. The molecular formula is C11H11N5O3S. The number of nitrogens with two attached hydrogens (primary N) is 2. The van der Waals surface area contributed by atoms with Crippen molar-refractivity contribution in [3.05, 3.63) is 39.9 Å². The molecule has 8 nitrogen and oxygen atoms in total. The highest BCUT2D eigenvalue weighted by molar-refractivity contribution is 7.99. The molecule has 0 aliphatic rings. The molecule has 5 N–H and O–H groups in total. The monoisotopic (exact) mass is 293 g/mol. The summed E-state index contributed by atoms with van der Waals surface area (Å²) in [6, 6.07) is 5.60. The third-order valence-electron chi connectivity index (χ3n) is 2.37. The Labute approximate surface area is 118 Å². The Kier molecular flexibility index (Phi) is 4.01. The van der Waals surface area contributed by atoms with Crippen LogP contribution in [-0.4, -0.2) is 20.0 Å².